The molecule has 1 amide bonds. The number of nitrogens with zero attached hydrogens (tertiary/aromatic N) is 1. The number of hydrogen-bond donors (Lipinski definition) is 5. The second-order valence-corrected chi connectivity index (χ2v) is 12.5. The number of fused-ring (bicyclic) bond motifs is 1. The quantitative estimate of drug-likeness (QED) is 0.290. The normalized spacial score (nSPS) is 40.1. The van der Waals surface area contributed by atoms with Crippen molar-refractivity contribution in [3.05, 3.63) is 0 Å². The second-order valence-electron chi connectivity index (χ2n) is 12.5. The van der Waals surface area contributed by atoms with Crippen molar-refractivity contribution >= 4 is 5.91 Å². The highest BCUT2D eigenvalue weighted by Crippen LogP contribution is 2.41. The topological polar surface area (TPSA) is 107 Å². The first-order valence-electron chi connectivity index (χ1n) is 15.1. The minimum Gasteiger partial charge on any atom is -0.390 e. The number of hydrogen-bond acceptors (Lipinski definition) is 8. The molecule has 0 aromatic heterocycles. The van der Waals surface area contributed by atoms with Gasteiger partial charge in [0.25, 0.3) is 0 Å². The first kappa shape index (κ1) is 27.7. The van der Waals surface area contributed by atoms with Gasteiger partial charge in [-0.05, 0) is 82.7 Å². The van der Waals surface area contributed by atoms with Crippen molar-refractivity contribution in [1.82, 2.24) is 26.2 Å². The molecule has 9 nitrogen and oxygen atoms in total. The number of β-amino-alcohol motifs (C(OH)–C–C–N with tert-alkyl or cyclic N) is 1. The summed E-state index contributed by atoms with van der Waals surface area (Å²) < 4.78 is 12.1. The highest BCUT2D eigenvalue weighted by molar-refractivity contribution is 5.78. The summed E-state index contributed by atoms with van der Waals surface area (Å²) in [5, 5.41) is 24.3. The Hall–Kier alpha value is -0.810. The summed E-state index contributed by atoms with van der Waals surface area (Å²) in [5.74, 6) is 2.04. The van der Waals surface area contributed by atoms with E-state index in [0.717, 1.165) is 45.3 Å². The van der Waals surface area contributed by atoms with Crippen LogP contribution in [0.2, 0.25) is 0 Å². The smallest absolute Gasteiger partial charge is 0.223 e. The molecule has 0 radical (unpaired) electrons. The summed E-state index contributed by atoms with van der Waals surface area (Å²) in [6.07, 6.45) is 9.17. The number of nitrogens with one attached hydrogen (secondary N) is 4. The molecule has 3 aliphatic heterocycles. The van der Waals surface area contributed by atoms with E-state index in [4.69, 9.17) is 9.47 Å². The average Bonchev–Trinajstić information content (AvgIpc) is 3.29. The van der Waals surface area contributed by atoms with Crippen molar-refractivity contribution in [3.8, 4) is 0 Å². The van der Waals surface area contributed by atoms with Crippen LogP contribution < -0.4 is 21.3 Å². The molecule has 5 rings (SSSR count). The van der Waals surface area contributed by atoms with Crippen molar-refractivity contribution in [2.24, 2.45) is 23.7 Å². The number of piperidine rings is 2. The monoisotopic (exact) mass is 521 g/mol. The fourth-order valence-electron chi connectivity index (χ4n) is 7.28. The highest BCUT2D eigenvalue weighted by Gasteiger charge is 2.41. The lowest BCUT2D eigenvalue weighted by Gasteiger charge is -2.47. The van der Waals surface area contributed by atoms with E-state index in [1.165, 1.54) is 25.7 Å². The molecule has 0 spiro atoms. The second kappa shape index (κ2) is 13.0. The summed E-state index contributed by atoms with van der Waals surface area (Å²) in [7, 11) is 0. The van der Waals surface area contributed by atoms with Gasteiger partial charge in [-0.2, -0.15) is 0 Å². The van der Waals surface area contributed by atoms with Gasteiger partial charge in [-0.15, -0.1) is 0 Å². The Balaban J connectivity index is 0.993. The Morgan fingerprint density at radius 2 is 2.03 bits per heavy atom. The molecule has 3 saturated heterocycles. The number of aliphatic hydroxyl groups excluding tert-OH is 1. The van der Waals surface area contributed by atoms with E-state index in [1.54, 1.807) is 0 Å². The SMILES string of the molecule is CC1NCOC1COC1CCC2CN(C[C@@H](O)CNC(=O)C3CCNC(NC4CCC4)C3)CCC2C1C. The predicted octanol–water partition coefficient (Wildman–Crippen LogP) is 1.02. The van der Waals surface area contributed by atoms with Gasteiger partial charge in [0.2, 0.25) is 5.91 Å². The van der Waals surface area contributed by atoms with Crippen molar-refractivity contribution in [1.29, 1.82) is 0 Å². The van der Waals surface area contributed by atoms with E-state index in [2.05, 4.69) is 40.0 Å². The lowest BCUT2D eigenvalue weighted by molar-refractivity contribution is -0.126. The number of amides is 1. The lowest BCUT2D eigenvalue weighted by atomic mass is 9.68. The zero-order valence-electron chi connectivity index (χ0n) is 23.0. The maximum Gasteiger partial charge on any atom is 0.223 e. The van der Waals surface area contributed by atoms with Crippen LogP contribution in [0.4, 0.5) is 0 Å². The van der Waals surface area contributed by atoms with Gasteiger partial charge in [0.05, 0.1) is 37.8 Å². The summed E-state index contributed by atoms with van der Waals surface area (Å²) in [6, 6.07) is 0.973. The van der Waals surface area contributed by atoms with Gasteiger partial charge in [0.15, 0.2) is 0 Å². The zero-order chi connectivity index (χ0) is 25.8. The number of rotatable bonds is 10. The number of likely N-dealkylation sites (tertiary alicyclic amines) is 1. The van der Waals surface area contributed by atoms with E-state index in [1.807, 2.05) is 0 Å². The number of carbonyl (C=O) groups excluding carboxylic acids is 1. The maximum absolute atomic E-state index is 12.8. The predicted molar refractivity (Wildman–Crippen MR) is 143 cm³/mol. The standard InChI is InChI=1S/C28H51N5O4/c1-18-24-9-11-33(14-21(24)6-7-25(18)36-16-26-19(2)31-17-37-26)15-23(34)13-30-28(35)20-8-10-29-27(12-20)32-22-4-3-5-22/h18-27,29,31-32,34H,3-17H2,1-2H3,(H,30,35)/t18?,19?,20?,21?,23-,24?,25?,26?,27?/m0/s1. The van der Waals surface area contributed by atoms with Crippen LogP contribution in [0.5, 0.6) is 0 Å². The highest BCUT2D eigenvalue weighted by atomic mass is 16.5. The van der Waals surface area contributed by atoms with E-state index < -0.39 is 6.10 Å². The minimum atomic E-state index is -0.523. The van der Waals surface area contributed by atoms with Crippen molar-refractivity contribution in [2.75, 3.05) is 46.1 Å². The van der Waals surface area contributed by atoms with Gasteiger partial charge >= 0.3 is 0 Å². The molecule has 3 heterocycles. The molecular weight excluding hydrogens is 470 g/mol. The molecule has 212 valence electrons. The Morgan fingerprint density at radius 3 is 2.78 bits per heavy atom. The molecule has 5 fully saturated rings. The largest absolute Gasteiger partial charge is 0.390 e. The molecule has 0 aromatic rings. The van der Waals surface area contributed by atoms with Crippen LogP contribution in [0.1, 0.15) is 65.2 Å². The number of ether oxygens (including phenoxy) is 2. The molecular formula is C28H51N5O4. The van der Waals surface area contributed by atoms with Gasteiger partial charge in [0.1, 0.15) is 0 Å². The van der Waals surface area contributed by atoms with Gasteiger partial charge < -0.3 is 30.1 Å². The molecule has 5 N–H and O–H groups in total. The number of carbonyl (C=O) groups is 1. The van der Waals surface area contributed by atoms with E-state index in [-0.39, 0.29) is 24.1 Å². The molecule has 5 aliphatic rings. The average molecular weight is 522 g/mol. The molecule has 9 heteroatoms. The van der Waals surface area contributed by atoms with Gasteiger partial charge in [-0.1, -0.05) is 13.3 Å². The van der Waals surface area contributed by atoms with Crippen LogP contribution in [-0.2, 0) is 14.3 Å². The van der Waals surface area contributed by atoms with E-state index in [9.17, 15) is 9.90 Å². The summed E-state index contributed by atoms with van der Waals surface area (Å²) in [4.78, 5) is 15.2. The fraction of sp³-hybridized carbons (Fsp3) is 0.964. The van der Waals surface area contributed by atoms with E-state index in [0.29, 0.717) is 62.4 Å². The van der Waals surface area contributed by atoms with Crippen molar-refractivity contribution in [3.63, 3.8) is 0 Å². The summed E-state index contributed by atoms with van der Waals surface area (Å²) >= 11 is 0. The van der Waals surface area contributed by atoms with Crippen LogP contribution >= 0.6 is 0 Å². The Morgan fingerprint density at radius 1 is 1.16 bits per heavy atom. The molecule has 0 aromatic carbocycles. The summed E-state index contributed by atoms with van der Waals surface area (Å²) in [6.45, 7) is 9.75. The Kier molecular flexibility index (Phi) is 9.77. The fourth-order valence-corrected chi connectivity index (χ4v) is 7.28. The summed E-state index contributed by atoms with van der Waals surface area (Å²) in [5.41, 5.74) is 0. The Labute approximate surface area is 223 Å². The first-order chi connectivity index (χ1) is 18.0. The third-order valence-corrected chi connectivity index (χ3v) is 9.99. The molecule has 0 bridgehead atoms. The van der Waals surface area contributed by atoms with Gasteiger partial charge in [0, 0.05) is 37.6 Å². The third-order valence-electron chi connectivity index (χ3n) is 9.99. The lowest BCUT2D eigenvalue weighted by Crippen LogP contribution is -2.55. The third kappa shape index (κ3) is 7.24. The van der Waals surface area contributed by atoms with Crippen LogP contribution in [0.25, 0.3) is 0 Å². The van der Waals surface area contributed by atoms with Crippen molar-refractivity contribution < 1.29 is 19.4 Å². The molecule has 2 aliphatic carbocycles. The van der Waals surface area contributed by atoms with Crippen LogP contribution in [0.3, 0.4) is 0 Å². The minimum absolute atomic E-state index is 0.0281. The molecule has 37 heavy (non-hydrogen) atoms. The first-order valence-corrected chi connectivity index (χ1v) is 15.1. The van der Waals surface area contributed by atoms with E-state index >= 15 is 0 Å². The molecule has 9 atom stereocenters. The van der Waals surface area contributed by atoms with Crippen molar-refractivity contribution in [2.45, 2.75) is 102 Å². The Bertz CT molecular complexity index is 739. The van der Waals surface area contributed by atoms with Crippen LogP contribution in [-0.4, -0.2) is 98.5 Å². The van der Waals surface area contributed by atoms with Gasteiger partial charge in [-0.25, -0.2) is 0 Å². The van der Waals surface area contributed by atoms with Crippen LogP contribution in [0.15, 0.2) is 0 Å². The maximum atomic E-state index is 12.8. The molecule has 8 unspecified atom stereocenters. The number of aliphatic hydroxyl groups is 1. The molecule has 2 saturated carbocycles. The van der Waals surface area contributed by atoms with Crippen LogP contribution in [0, 0.1) is 23.7 Å². The zero-order valence-corrected chi connectivity index (χ0v) is 23.0. The van der Waals surface area contributed by atoms with Gasteiger partial charge in [-0.3, -0.25) is 15.4 Å².